The molecule has 1 aromatic heterocycles. The molecule has 0 aliphatic carbocycles. The number of halogens is 2. The number of Topliss-reactive ketones (excluding diaryl/α,β-unsaturated/α-hetero) is 1. The maximum atomic E-state index is 13.7. The zero-order valence-electron chi connectivity index (χ0n) is 10.7. The quantitative estimate of drug-likeness (QED) is 0.784. The van der Waals surface area contributed by atoms with Crippen molar-refractivity contribution in [3.05, 3.63) is 40.4 Å². The van der Waals surface area contributed by atoms with Gasteiger partial charge in [0.1, 0.15) is 16.6 Å². The summed E-state index contributed by atoms with van der Waals surface area (Å²) in [5.74, 6) is -1.44. The number of ketones is 1. The number of aryl methyl sites for hydroxylation is 1. The van der Waals surface area contributed by atoms with Crippen LogP contribution in [0.25, 0.3) is 10.6 Å². The van der Waals surface area contributed by atoms with Gasteiger partial charge in [-0.3, -0.25) is 4.79 Å². The van der Waals surface area contributed by atoms with Crippen LogP contribution in [0.15, 0.2) is 18.2 Å². The zero-order chi connectivity index (χ0) is 14.0. The van der Waals surface area contributed by atoms with Gasteiger partial charge in [0.25, 0.3) is 0 Å². The van der Waals surface area contributed by atoms with Crippen LogP contribution >= 0.6 is 11.3 Å². The van der Waals surface area contributed by atoms with E-state index in [1.165, 1.54) is 25.1 Å². The Hall–Kier alpha value is -1.62. The van der Waals surface area contributed by atoms with E-state index in [4.69, 9.17) is 0 Å². The molecule has 2 rings (SSSR count). The summed E-state index contributed by atoms with van der Waals surface area (Å²) >= 11 is 1.05. The molecule has 100 valence electrons. The Morgan fingerprint density at radius 3 is 2.47 bits per heavy atom. The van der Waals surface area contributed by atoms with Crippen LogP contribution in [-0.4, -0.2) is 10.8 Å². The van der Waals surface area contributed by atoms with Gasteiger partial charge in [-0.1, -0.05) is 19.4 Å². The number of hydrogen-bond donors (Lipinski definition) is 0. The standard InChI is InChI=1S/C14H13F2NOS/c1-3-5-11-13(8(2)18)19-14(17-11)12-9(15)6-4-7-10(12)16/h4,6-7H,3,5H2,1-2H3. The van der Waals surface area contributed by atoms with Crippen molar-refractivity contribution in [1.82, 2.24) is 4.98 Å². The fraction of sp³-hybridized carbons (Fsp3) is 0.286. The van der Waals surface area contributed by atoms with Gasteiger partial charge < -0.3 is 0 Å². The Bertz CT molecular complexity index is 602. The summed E-state index contributed by atoms with van der Waals surface area (Å²) in [5, 5.41) is 0.226. The molecule has 0 spiro atoms. The summed E-state index contributed by atoms with van der Waals surface area (Å²) in [4.78, 5) is 16.3. The molecule has 0 fully saturated rings. The van der Waals surface area contributed by atoms with Gasteiger partial charge in [-0.15, -0.1) is 11.3 Å². The van der Waals surface area contributed by atoms with Crippen molar-refractivity contribution < 1.29 is 13.6 Å². The molecular weight excluding hydrogens is 268 g/mol. The van der Waals surface area contributed by atoms with E-state index >= 15 is 0 Å². The highest BCUT2D eigenvalue weighted by Crippen LogP contribution is 2.32. The number of aromatic nitrogens is 1. The van der Waals surface area contributed by atoms with Crippen molar-refractivity contribution in [2.24, 2.45) is 0 Å². The van der Waals surface area contributed by atoms with Gasteiger partial charge in [-0.05, 0) is 18.6 Å². The van der Waals surface area contributed by atoms with E-state index in [9.17, 15) is 13.6 Å². The third-order valence-corrected chi connectivity index (χ3v) is 3.90. The van der Waals surface area contributed by atoms with Crippen molar-refractivity contribution in [3.8, 4) is 10.6 Å². The van der Waals surface area contributed by atoms with E-state index in [2.05, 4.69) is 4.98 Å². The molecule has 0 aliphatic rings. The molecule has 0 bridgehead atoms. The SMILES string of the molecule is CCCc1nc(-c2c(F)cccc2F)sc1C(C)=O. The lowest BCUT2D eigenvalue weighted by Gasteiger charge is -1.99. The number of hydrogen-bond acceptors (Lipinski definition) is 3. The minimum atomic E-state index is -0.660. The third-order valence-electron chi connectivity index (χ3n) is 2.68. The van der Waals surface area contributed by atoms with E-state index in [1.807, 2.05) is 6.92 Å². The van der Waals surface area contributed by atoms with Gasteiger partial charge in [0.2, 0.25) is 0 Å². The van der Waals surface area contributed by atoms with Crippen LogP contribution in [0.3, 0.4) is 0 Å². The van der Waals surface area contributed by atoms with Crippen molar-refractivity contribution in [2.75, 3.05) is 0 Å². The summed E-state index contributed by atoms with van der Waals surface area (Å²) in [6.07, 6.45) is 1.45. The molecule has 5 heteroatoms. The lowest BCUT2D eigenvalue weighted by Crippen LogP contribution is -1.95. The summed E-state index contributed by atoms with van der Waals surface area (Å²) in [6, 6.07) is 3.68. The Kier molecular flexibility index (Phi) is 4.04. The number of benzene rings is 1. The summed E-state index contributed by atoms with van der Waals surface area (Å²) < 4.78 is 27.4. The van der Waals surface area contributed by atoms with Crippen LogP contribution in [0.2, 0.25) is 0 Å². The lowest BCUT2D eigenvalue weighted by atomic mass is 10.2. The average molecular weight is 281 g/mol. The topological polar surface area (TPSA) is 30.0 Å². The lowest BCUT2D eigenvalue weighted by molar-refractivity contribution is 0.102. The Labute approximate surface area is 114 Å². The largest absolute Gasteiger partial charge is 0.294 e. The third kappa shape index (κ3) is 2.71. The second-order valence-electron chi connectivity index (χ2n) is 4.20. The van der Waals surface area contributed by atoms with E-state index in [-0.39, 0.29) is 16.4 Å². The molecule has 19 heavy (non-hydrogen) atoms. The zero-order valence-corrected chi connectivity index (χ0v) is 11.5. The molecule has 0 amide bonds. The fourth-order valence-corrected chi connectivity index (χ4v) is 2.90. The molecular formula is C14H13F2NOS. The Morgan fingerprint density at radius 2 is 1.95 bits per heavy atom. The minimum absolute atomic E-state index is 0.121. The van der Waals surface area contributed by atoms with E-state index in [0.29, 0.717) is 17.0 Å². The highest BCUT2D eigenvalue weighted by atomic mass is 32.1. The van der Waals surface area contributed by atoms with Crippen LogP contribution in [0, 0.1) is 11.6 Å². The van der Waals surface area contributed by atoms with Gasteiger partial charge in [0.15, 0.2) is 5.78 Å². The van der Waals surface area contributed by atoms with Crippen LogP contribution < -0.4 is 0 Å². The van der Waals surface area contributed by atoms with Gasteiger partial charge in [-0.2, -0.15) is 0 Å². The molecule has 0 atom stereocenters. The van der Waals surface area contributed by atoms with Gasteiger partial charge in [-0.25, -0.2) is 13.8 Å². The molecule has 0 saturated carbocycles. The molecule has 0 radical (unpaired) electrons. The van der Waals surface area contributed by atoms with E-state index < -0.39 is 11.6 Å². The predicted octanol–water partition coefficient (Wildman–Crippen LogP) is 4.24. The van der Waals surface area contributed by atoms with E-state index in [0.717, 1.165) is 17.8 Å². The first-order valence-electron chi connectivity index (χ1n) is 5.99. The molecule has 2 nitrogen and oxygen atoms in total. The first-order valence-corrected chi connectivity index (χ1v) is 6.81. The Balaban J connectivity index is 2.57. The number of carbonyl (C=O) groups excluding carboxylic acids is 1. The van der Waals surface area contributed by atoms with Crippen molar-refractivity contribution in [2.45, 2.75) is 26.7 Å². The Morgan fingerprint density at radius 1 is 1.32 bits per heavy atom. The summed E-state index contributed by atoms with van der Waals surface area (Å²) in [7, 11) is 0. The highest BCUT2D eigenvalue weighted by molar-refractivity contribution is 7.17. The van der Waals surface area contributed by atoms with E-state index in [1.54, 1.807) is 0 Å². The molecule has 0 unspecified atom stereocenters. The van der Waals surface area contributed by atoms with Crippen LogP contribution in [-0.2, 0) is 6.42 Å². The monoisotopic (exact) mass is 281 g/mol. The number of thiazole rings is 1. The second-order valence-corrected chi connectivity index (χ2v) is 5.20. The first kappa shape index (κ1) is 13.8. The fourth-order valence-electron chi connectivity index (χ4n) is 1.84. The number of nitrogens with zero attached hydrogens (tertiary/aromatic N) is 1. The van der Waals surface area contributed by atoms with Crippen LogP contribution in [0.5, 0.6) is 0 Å². The van der Waals surface area contributed by atoms with Crippen molar-refractivity contribution >= 4 is 17.1 Å². The molecule has 1 aromatic carbocycles. The molecule has 0 aliphatic heterocycles. The maximum absolute atomic E-state index is 13.7. The normalized spacial score (nSPS) is 10.7. The smallest absolute Gasteiger partial charge is 0.171 e. The second kappa shape index (κ2) is 5.57. The number of carbonyl (C=O) groups is 1. The summed E-state index contributed by atoms with van der Waals surface area (Å²) in [6.45, 7) is 3.40. The highest BCUT2D eigenvalue weighted by Gasteiger charge is 2.19. The van der Waals surface area contributed by atoms with Crippen molar-refractivity contribution in [3.63, 3.8) is 0 Å². The van der Waals surface area contributed by atoms with Crippen LogP contribution in [0.1, 0.15) is 35.6 Å². The number of rotatable bonds is 4. The molecule has 1 heterocycles. The first-order chi connectivity index (χ1) is 9.04. The minimum Gasteiger partial charge on any atom is -0.294 e. The van der Waals surface area contributed by atoms with Crippen molar-refractivity contribution in [1.29, 1.82) is 0 Å². The maximum Gasteiger partial charge on any atom is 0.171 e. The van der Waals surface area contributed by atoms with Gasteiger partial charge >= 0.3 is 0 Å². The molecule has 0 N–H and O–H groups in total. The summed E-state index contributed by atoms with van der Waals surface area (Å²) in [5.41, 5.74) is 0.468. The predicted molar refractivity (Wildman–Crippen MR) is 71.5 cm³/mol. The van der Waals surface area contributed by atoms with Crippen LogP contribution in [0.4, 0.5) is 8.78 Å². The van der Waals surface area contributed by atoms with Gasteiger partial charge in [0.05, 0.1) is 16.1 Å². The molecule has 2 aromatic rings. The molecule has 0 saturated heterocycles. The van der Waals surface area contributed by atoms with Gasteiger partial charge in [0, 0.05) is 6.92 Å². The average Bonchev–Trinajstić information content (AvgIpc) is 2.73.